The molecule has 8 nitrogen and oxygen atoms in total. The molecule has 172 valence electrons. The molecule has 1 heterocycles. The van der Waals surface area contributed by atoms with Gasteiger partial charge in [0, 0.05) is 17.1 Å². The van der Waals surface area contributed by atoms with Crippen LogP contribution in [-0.4, -0.2) is 26.9 Å². The molecular weight excluding hydrogens is 426 g/mol. The molecule has 0 bridgehead atoms. The van der Waals surface area contributed by atoms with Crippen LogP contribution in [0.1, 0.15) is 18.1 Å². The van der Waals surface area contributed by atoms with E-state index < -0.39 is 6.04 Å². The van der Waals surface area contributed by atoms with Crippen LogP contribution >= 0.6 is 0 Å². The minimum atomic E-state index is -0.585. The number of carbonyl (C=O) groups is 1. The summed E-state index contributed by atoms with van der Waals surface area (Å²) in [4.78, 5) is 26.2. The maximum atomic E-state index is 12.8. The summed E-state index contributed by atoms with van der Waals surface area (Å²) >= 11 is 0. The van der Waals surface area contributed by atoms with Crippen LogP contribution in [0.5, 0.6) is 0 Å². The van der Waals surface area contributed by atoms with Gasteiger partial charge in [0.2, 0.25) is 23.8 Å². The quantitative estimate of drug-likeness (QED) is 0.283. The maximum absolute atomic E-state index is 12.8. The Morgan fingerprint density at radius 1 is 0.676 bits per heavy atom. The van der Waals surface area contributed by atoms with Crippen molar-refractivity contribution in [3.8, 4) is 0 Å². The Bertz CT molecular complexity index is 1200. The number of aromatic nitrogens is 3. The van der Waals surface area contributed by atoms with E-state index in [-0.39, 0.29) is 11.9 Å². The van der Waals surface area contributed by atoms with Crippen LogP contribution in [0.15, 0.2) is 78.9 Å². The first-order chi connectivity index (χ1) is 16.5. The molecule has 1 aromatic heterocycles. The molecule has 0 saturated heterocycles. The van der Waals surface area contributed by atoms with Gasteiger partial charge in [0.25, 0.3) is 0 Å². The minimum Gasteiger partial charge on any atom is -0.342 e. The Balaban J connectivity index is 1.53. The molecule has 0 aliphatic carbocycles. The highest BCUT2D eigenvalue weighted by atomic mass is 16.2. The van der Waals surface area contributed by atoms with Gasteiger partial charge < -0.3 is 21.3 Å². The molecule has 3 aromatic carbocycles. The lowest BCUT2D eigenvalue weighted by Crippen LogP contribution is -2.32. The number of anilines is 6. The van der Waals surface area contributed by atoms with E-state index in [2.05, 4.69) is 36.2 Å². The topological polar surface area (TPSA) is 104 Å². The van der Waals surface area contributed by atoms with Gasteiger partial charge in [-0.15, -0.1) is 0 Å². The minimum absolute atomic E-state index is 0.196. The second-order valence-corrected chi connectivity index (χ2v) is 7.94. The summed E-state index contributed by atoms with van der Waals surface area (Å²) in [6.45, 7) is 5.81. The van der Waals surface area contributed by atoms with Gasteiger partial charge in [0.05, 0.1) is 0 Å². The van der Waals surface area contributed by atoms with Crippen LogP contribution in [0.2, 0.25) is 0 Å². The van der Waals surface area contributed by atoms with Crippen LogP contribution in [0.3, 0.4) is 0 Å². The van der Waals surface area contributed by atoms with E-state index >= 15 is 0 Å². The molecule has 4 rings (SSSR count). The van der Waals surface area contributed by atoms with E-state index in [4.69, 9.17) is 0 Å². The normalized spacial score (nSPS) is 11.4. The van der Waals surface area contributed by atoms with Gasteiger partial charge in [-0.2, -0.15) is 15.0 Å². The predicted octanol–water partition coefficient (Wildman–Crippen LogP) is 5.41. The standard InChI is InChI=1S/C26H27N7O/c1-17-14-15-22(16-18(17)2)28-23(34)19(3)27-24-31-25(29-20-10-6-4-7-11-20)33-26(32-24)30-21-12-8-5-9-13-21/h4-16,19H,1-3H3,(H,28,34)(H3,27,29,30,31,32,33)/t19-/m1/s1. The molecular formula is C26H27N7O. The highest BCUT2D eigenvalue weighted by Crippen LogP contribution is 2.19. The summed E-state index contributed by atoms with van der Waals surface area (Å²) in [7, 11) is 0. The van der Waals surface area contributed by atoms with E-state index in [1.807, 2.05) is 92.7 Å². The zero-order valence-corrected chi connectivity index (χ0v) is 19.3. The molecule has 0 fully saturated rings. The van der Waals surface area contributed by atoms with Crippen molar-refractivity contribution >= 4 is 40.8 Å². The van der Waals surface area contributed by atoms with Gasteiger partial charge >= 0.3 is 0 Å². The lowest BCUT2D eigenvalue weighted by Gasteiger charge is -2.16. The van der Waals surface area contributed by atoms with Crippen LogP contribution in [0, 0.1) is 13.8 Å². The fourth-order valence-corrected chi connectivity index (χ4v) is 3.18. The van der Waals surface area contributed by atoms with Gasteiger partial charge in [-0.3, -0.25) is 4.79 Å². The van der Waals surface area contributed by atoms with Crippen molar-refractivity contribution in [1.29, 1.82) is 0 Å². The maximum Gasteiger partial charge on any atom is 0.246 e. The van der Waals surface area contributed by atoms with Crippen molar-refractivity contribution in [2.24, 2.45) is 0 Å². The van der Waals surface area contributed by atoms with Gasteiger partial charge in [-0.05, 0) is 68.3 Å². The molecule has 34 heavy (non-hydrogen) atoms. The summed E-state index contributed by atoms with van der Waals surface area (Å²) < 4.78 is 0. The molecule has 0 saturated carbocycles. The number of aryl methyl sites for hydroxylation is 2. The molecule has 0 radical (unpaired) electrons. The van der Waals surface area contributed by atoms with Gasteiger partial charge in [-0.25, -0.2) is 0 Å². The first-order valence-electron chi connectivity index (χ1n) is 11.0. The molecule has 0 spiro atoms. The smallest absolute Gasteiger partial charge is 0.246 e. The van der Waals surface area contributed by atoms with Gasteiger partial charge in [-0.1, -0.05) is 42.5 Å². The fraction of sp³-hybridized carbons (Fsp3) is 0.154. The number of hydrogen-bond acceptors (Lipinski definition) is 7. The van der Waals surface area contributed by atoms with Crippen LogP contribution in [0.25, 0.3) is 0 Å². The first-order valence-corrected chi connectivity index (χ1v) is 11.0. The molecule has 0 unspecified atom stereocenters. The monoisotopic (exact) mass is 453 g/mol. The molecule has 1 amide bonds. The molecule has 4 aromatic rings. The zero-order chi connectivity index (χ0) is 23.9. The van der Waals surface area contributed by atoms with E-state index in [9.17, 15) is 4.79 Å². The van der Waals surface area contributed by atoms with E-state index in [0.717, 1.165) is 22.6 Å². The number of carbonyl (C=O) groups excluding carboxylic acids is 1. The highest BCUT2D eigenvalue weighted by molar-refractivity contribution is 5.96. The zero-order valence-electron chi connectivity index (χ0n) is 19.3. The third-order valence-corrected chi connectivity index (χ3v) is 5.21. The van der Waals surface area contributed by atoms with Crippen molar-refractivity contribution in [3.63, 3.8) is 0 Å². The van der Waals surface area contributed by atoms with Crippen LogP contribution in [0.4, 0.5) is 34.9 Å². The van der Waals surface area contributed by atoms with Crippen LogP contribution in [-0.2, 0) is 4.79 Å². The molecule has 0 aliphatic rings. The fourth-order valence-electron chi connectivity index (χ4n) is 3.18. The van der Waals surface area contributed by atoms with E-state index in [1.54, 1.807) is 6.92 Å². The van der Waals surface area contributed by atoms with E-state index in [1.165, 1.54) is 5.56 Å². The van der Waals surface area contributed by atoms with Crippen molar-refractivity contribution in [3.05, 3.63) is 90.0 Å². The van der Waals surface area contributed by atoms with Crippen molar-refractivity contribution in [1.82, 2.24) is 15.0 Å². The summed E-state index contributed by atoms with van der Waals surface area (Å²) in [5.41, 5.74) is 4.71. The average molecular weight is 454 g/mol. The molecule has 4 N–H and O–H groups in total. The molecule has 8 heteroatoms. The Kier molecular flexibility index (Phi) is 6.98. The number of amides is 1. The summed E-state index contributed by atoms with van der Waals surface area (Å²) in [5, 5.41) is 12.4. The predicted molar refractivity (Wildman–Crippen MR) is 137 cm³/mol. The summed E-state index contributed by atoms with van der Waals surface area (Å²) in [6.07, 6.45) is 0. The number of benzene rings is 3. The van der Waals surface area contributed by atoms with E-state index in [0.29, 0.717) is 11.9 Å². The lowest BCUT2D eigenvalue weighted by molar-refractivity contribution is -0.116. The Hall–Kier alpha value is -4.46. The Labute approximate surface area is 198 Å². The molecule has 1 atom stereocenters. The number of hydrogen-bond donors (Lipinski definition) is 4. The second-order valence-electron chi connectivity index (χ2n) is 7.94. The Morgan fingerprint density at radius 2 is 1.21 bits per heavy atom. The third-order valence-electron chi connectivity index (χ3n) is 5.21. The highest BCUT2D eigenvalue weighted by Gasteiger charge is 2.16. The van der Waals surface area contributed by atoms with Crippen molar-refractivity contribution in [2.45, 2.75) is 26.8 Å². The SMILES string of the molecule is Cc1ccc(NC(=O)[C@@H](C)Nc2nc(Nc3ccccc3)nc(Nc3ccccc3)n2)cc1C. The molecule has 0 aliphatic heterocycles. The van der Waals surface area contributed by atoms with Crippen LogP contribution < -0.4 is 21.3 Å². The van der Waals surface area contributed by atoms with Gasteiger partial charge in [0.15, 0.2) is 0 Å². The van der Waals surface area contributed by atoms with Gasteiger partial charge in [0.1, 0.15) is 6.04 Å². The van der Waals surface area contributed by atoms with Crippen molar-refractivity contribution < 1.29 is 4.79 Å². The Morgan fingerprint density at radius 3 is 1.74 bits per heavy atom. The second kappa shape index (κ2) is 10.4. The number of nitrogens with one attached hydrogen (secondary N) is 4. The lowest BCUT2D eigenvalue weighted by atomic mass is 10.1. The number of nitrogens with zero attached hydrogens (tertiary/aromatic N) is 3. The summed E-state index contributed by atoms with van der Waals surface area (Å²) in [6, 6.07) is 24.5. The number of para-hydroxylation sites is 2. The number of rotatable bonds is 8. The van der Waals surface area contributed by atoms with Crippen molar-refractivity contribution in [2.75, 3.05) is 21.3 Å². The average Bonchev–Trinajstić information content (AvgIpc) is 2.82. The summed E-state index contributed by atoms with van der Waals surface area (Å²) in [5.74, 6) is 0.779. The third kappa shape index (κ3) is 6.07. The first kappa shape index (κ1) is 22.7. The largest absolute Gasteiger partial charge is 0.342 e.